The van der Waals surface area contributed by atoms with Gasteiger partial charge in [-0.3, -0.25) is 4.79 Å². The zero-order valence-corrected chi connectivity index (χ0v) is 11.5. The van der Waals surface area contributed by atoms with Gasteiger partial charge in [0.05, 0.1) is 0 Å². The van der Waals surface area contributed by atoms with E-state index in [9.17, 15) is 4.79 Å². The van der Waals surface area contributed by atoms with Crippen molar-refractivity contribution in [3.63, 3.8) is 0 Å². The van der Waals surface area contributed by atoms with Crippen LogP contribution in [0, 0.1) is 0 Å². The van der Waals surface area contributed by atoms with Crippen LogP contribution in [0.4, 0.5) is 0 Å². The minimum atomic E-state index is -0.0367. The average Bonchev–Trinajstić information content (AvgIpc) is 2.33. The van der Waals surface area contributed by atoms with Crippen molar-refractivity contribution in [2.75, 3.05) is 6.54 Å². The first-order valence-corrected chi connectivity index (χ1v) is 7.14. The van der Waals surface area contributed by atoms with E-state index in [1.54, 1.807) is 0 Å². The highest BCUT2D eigenvalue weighted by Gasteiger charge is 2.11. The van der Waals surface area contributed by atoms with Crippen LogP contribution < -0.4 is 5.73 Å². The average molecular weight is 243 g/mol. The molecule has 0 aliphatic carbocycles. The highest BCUT2D eigenvalue weighted by molar-refractivity contribution is 5.69. The predicted octanol–water partition coefficient (Wildman–Crippen LogP) is 3.41. The smallest absolute Gasteiger partial charge is 0.306 e. The van der Waals surface area contributed by atoms with Crippen LogP contribution in [0.1, 0.15) is 71.6 Å². The van der Waals surface area contributed by atoms with Gasteiger partial charge in [0, 0.05) is 6.42 Å². The molecule has 0 saturated heterocycles. The number of carbonyl (C=O) groups is 1. The van der Waals surface area contributed by atoms with Crippen LogP contribution >= 0.6 is 0 Å². The molecule has 0 spiro atoms. The standard InChI is InChI=1S/C14H29NO2/c1-3-5-7-10-13(4-2)17-14(16)11-8-6-9-12-15/h13H,3-12,15H2,1-2H3. The number of hydrogen-bond donors (Lipinski definition) is 1. The van der Waals surface area contributed by atoms with Gasteiger partial charge in [-0.15, -0.1) is 0 Å². The molecule has 0 bridgehead atoms. The second kappa shape index (κ2) is 11.9. The van der Waals surface area contributed by atoms with Gasteiger partial charge in [-0.1, -0.05) is 33.1 Å². The second-order valence-electron chi connectivity index (χ2n) is 4.62. The van der Waals surface area contributed by atoms with Crippen LogP contribution in [0.3, 0.4) is 0 Å². The molecule has 0 aromatic carbocycles. The molecule has 0 heterocycles. The minimum absolute atomic E-state index is 0.0367. The number of esters is 1. The third kappa shape index (κ3) is 10.3. The third-order valence-electron chi connectivity index (χ3n) is 2.97. The Morgan fingerprint density at radius 2 is 1.88 bits per heavy atom. The van der Waals surface area contributed by atoms with E-state index >= 15 is 0 Å². The Morgan fingerprint density at radius 3 is 2.47 bits per heavy atom. The lowest BCUT2D eigenvalue weighted by Crippen LogP contribution is -2.17. The Labute approximate surface area is 106 Å². The van der Waals surface area contributed by atoms with Gasteiger partial charge in [0.25, 0.3) is 0 Å². The Balaban J connectivity index is 3.59. The number of rotatable bonds is 11. The van der Waals surface area contributed by atoms with Crippen molar-refractivity contribution in [3.8, 4) is 0 Å². The molecule has 0 aliphatic heterocycles. The highest BCUT2D eigenvalue weighted by Crippen LogP contribution is 2.12. The van der Waals surface area contributed by atoms with Gasteiger partial charge >= 0.3 is 5.97 Å². The van der Waals surface area contributed by atoms with Crippen molar-refractivity contribution >= 4 is 5.97 Å². The van der Waals surface area contributed by atoms with E-state index in [2.05, 4.69) is 13.8 Å². The number of hydrogen-bond acceptors (Lipinski definition) is 3. The van der Waals surface area contributed by atoms with E-state index in [4.69, 9.17) is 10.5 Å². The summed E-state index contributed by atoms with van der Waals surface area (Å²) >= 11 is 0. The molecular formula is C14H29NO2. The Morgan fingerprint density at radius 1 is 1.12 bits per heavy atom. The molecule has 2 N–H and O–H groups in total. The first kappa shape index (κ1) is 16.4. The van der Waals surface area contributed by atoms with Crippen LogP contribution in [0.25, 0.3) is 0 Å². The maximum absolute atomic E-state index is 11.6. The zero-order chi connectivity index (χ0) is 12.9. The monoisotopic (exact) mass is 243 g/mol. The quantitative estimate of drug-likeness (QED) is 0.447. The zero-order valence-electron chi connectivity index (χ0n) is 11.5. The first-order chi connectivity index (χ1) is 8.24. The Hall–Kier alpha value is -0.570. The topological polar surface area (TPSA) is 52.3 Å². The fraction of sp³-hybridized carbons (Fsp3) is 0.929. The number of carbonyl (C=O) groups excluding carboxylic acids is 1. The summed E-state index contributed by atoms with van der Waals surface area (Å²) in [4.78, 5) is 11.6. The third-order valence-corrected chi connectivity index (χ3v) is 2.97. The lowest BCUT2D eigenvalue weighted by molar-refractivity contribution is -0.149. The molecule has 0 saturated carbocycles. The van der Waals surface area contributed by atoms with Crippen molar-refractivity contribution in [1.29, 1.82) is 0 Å². The van der Waals surface area contributed by atoms with Gasteiger partial charge in [0.1, 0.15) is 6.10 Å². The van der Waals surface area contributed by atoms with Gasteiger partial charge in [-0.25, -0.2) is 0 Å². The normalized spacial score (nSPS) is 12.4. The molecule has 0 aromatic rings. The molecule has 0 aromatic heterocycles. The summed E-state index contributed by atoms with van der Waals surface area (Å²) in [6.07, 6.45) is 9.15. The number of unbranched alkanes of at least 4 members (excludes halogenated alkanes) is 4. The highest BCUT2D eigenvalue weighted by atomic mass is 16.5. The fourth-order valence-corrected chi connectivity index (χ4v) is 1.80. The molecule has 0 fully saturated rings. The van der Waals surface area contributed by atoms with Crippen LogP contribution in [0.15, 0.2) is 0 Å². The van der Waals surface area contributed by atoms with E-state index in [1.807, 2.05) is 0 Å². The summed E-state index contributed by atoms with van der Waals surface area (Å²) in [5, 5.41) is 0. The summed E-state index contributed by atoms with van der Waals surface area (Å²) in [5.41, 5.74) is 5.40. The van der Waals surface area contributed by atoms with Gasteiger partial charge in [-0.05, 0) is 38.6 Å². The lowest BCUT2D eigenvalue weighted by atomic mass is 10.1. The maximum atomic E-state index is 11.6. The van der Waals surface area contributed by atoms with E-state index in [-0.39, 0.29) is 12.1 Å². The van der Waals surface area contributed by atoms with Crippen LogP contribution in [-0.2, 0) is 9.53 Å². The summed E-state index contributed by atoms with van der Waals surface area (Å²) in [5.74, 6) is -0.0367. The first-order valence-electron chi connectivity index (χ1n) is 7.14. The molecule has 0 amide bonds. The van der Waals surface area contributed by atoms with Gasteiger partial charge < -0.3 is 10.5 Å². The van der Waals surface area contributed by atoms with Crippen molar-refractivity contribution in [2.45, 2.75) is 77.7 Å². The van der Waals surface area contributed by atoms with Gasteiger partial charge in [0.15, 0.2) is 0 Å². The Kier molecular flexibility index (Phi) is 11.5. The summed E-state index contributed by atoms with van der Waals surface area (Å²) in [7, 11) is 0. The SMILES string of the molecule is CCCCCC(CC)OC(=O)CCCCCN. The van der Waals surface area contributed by atoms with Gasteiger partial charge in [0.2, 0.25) is 0 Å². The van der Waals surface area contributed by atoms with Crippen LogP contribution in [0.5, 0.6) is 0 Å². The van der Waals surface area contributed by atoms with E-state index in [0.717, 1.165) is 38.5 Å². The molecular weight excluding hydrogens is 214 g/mol. The molecule has 0 aliphatic rings. The number of ether oxygens (including phenoxy) is 1. The number of nitrogens with two attached hydrogens (primary N) is 1. The minimum Gasteiger partial charge on any atom is -0.462 e. The summed E-state index contributed by atoms with van der Waals surface area (Å²) < 4.78 is 5.46. The molecule has 3 heteroatoms. The largest absolute Gasteiger partial charge is 0.462 e. The molecule has 102 valence electrons. The van der Waals surface area contributed by atoms with Crippen molar-refractivity contribution in [1.82, 2.24) is 0 Å². The Bertz CT molecular complexity index is 183. The van der Waals surface area contributed by atoms with Gasteiger partial charge in [-0.2, -0.15) is 0 Å². The van der Waals surface area contributed by atoms with E-state index in [0.29, 0.717) is 13.0 Å². The molecule has 17 heavy (non-hydrogen) atoms. The molecule has 0 radical (unpaired) electrons. The summed E-state index contributed by atoms with van der Waals surface area (Å²) in [6.45, 7) is 4.98. The fourth-order valence-electron chi connectivity index (χ4n) is 1.80. The summed E-state index contributed by atoms with van der Waals surface area (Å²) in [6, 6.07) is 0. The molecule has 3 nitrogen and oxygen atoms in total. The lowest BCUT2D eigenvalue weighted by Gasteiger charge is -2.15. The maximum Gasteiger partial charge on any atom is 0.306 e. The van der Waals surface area contributed by atoms with E-state index in [1.165, 1.54) is 12.8 Å². The van der Waals surface area contributed by atoms with Crippen LogP contribution in [-0.4, -0.2) is 18.6 Å². The molecule has 1 unspecified atom stereocenters. The van der Waals surface area contributed by atoms with Crippen molar-refractivity contribution in [3.05, 3.63) is 0 Å². The molecule has 0 rings (SSSR count). The predicted molar refractivity (Wildman–Crippen MR) is 71.8 cm³/mol. The molecule has 1 atom stereocenters. The van der Waals surface area contributed by atoms with Crippen LogP contribution in [0.2, 0.25) is 0 Å². The van der Waals surface area contributed by atoms with Crippen molar-refractivity contribution < 1.29 is 9.53 Å². The second-order valence-corrected chi connectivity index (χ2v) is 4.62. The van der Waals surface area contributed by atoms with Crippen molar-refractivity contribution in [2.24, 2.45) is 5.73 Å². The van der Waals surface area contributed by atoms with E-state index < -0.39 is 0 Å².